The van der Waals surface area contributed by atoms with E-state index in [1.54, 1.807) is 12.1 Å². The van der Waals surface area contributed by atoms with Gasteiger partial charge in [0.25, 0.3) is 5.91 Å². The number of imidazole rings is 1. The average Bonchev–Trinajstić information content (AvgIpc) is 3.65. The van der Waals surface area contributed by atoms with E-state index in [0.717, 1.165) is 50.2 Å². The number of carbonyl (C=O) groups excluding carboxylic acids is 2. The van der Waals surface area contributed by atoms with Crippen LogP contribution >= 0.6 is 11.6 Å². The Morgan fingerprint density at radius 1 is 1.05 bits per heavy atom. The van der Waals surface area contributed by atoms with Crippen molar-refractivity contribution < 1.29 is 22.8 Å². The molecule has 12 heteroatoms. The number of amides is 1. The van der Waals surface area contributed by atoms with Gasteiger partial charge < -0.3 is 14.8 Å². The number of anilines is 2. The predicted molar refractivity (Wildman–Crippen MR) is 141 cm³/mol. The van der Waals surface area contributed by atoms with Crippen molar-refractivity contribution in [3.05, 3.63) is 82.5 Å². The van der Waals surface area contributed by atoms with Gasteiger partial charge >= 0.3 is 6.18 Å². The number of nitrogens with one attached hydrogen (secondary N) is 2. The van der Waals surface area contributed by atoms with Crippen LogP contribution in [0.5, 0.6) is 0 Å². The van der Waals surface area contributed by atoms with Gasteiger partial charge in [-0.15, -0.1) is 0 Å². The molecule has 202 valence electrons. The number of rotatable bonds is 6. The first-order chi connectivity index (χ1) is 18.6. The molecule has 1 saturated heterocycles. The molecule has 2 aromatic heterocycles. The molecular formula is C27H24ClF3N6O2. The summed E-state index contributed by atoms with van der Waals surface area (Å²) < 4.78 is 40.6. The first-order valence-electron chi connectivity index (χ1n) is 12.3. The standard InChI is InChI=1S/C27H24ClF3N6O2/c1-36(26(39)25-32-9-10-33-25)22-8-6-17(37-11-3-2-4-12-37)14-18(22)24(38)19-15-34-35-23(19)16-5-7-21(28)20(13-16)27(29,30)31/h5-10,13-15H,2-4,11-12H2,1H3,(H,32,33)(H,34,35). The maximum Gasteiger partial charge on any atom is 0.417 e. The monoisotopic (exact) mass is 556 g/mol. The summed E-state index contributed by atoms with van der Waals surface area (Å²) in [6, 6.07) is 8.64. The van der Waals surface area contributed by atoms with Gasteiger partial charge in [0, 0.05) is 55.5 Å². The van der Waals surface area contributed by atoms with Gasteiger partial charge in [0.2, 0.25) is 0 Å². The molecule has 1 aliphatic heterocycles. The number of hydrogen-bond donors (Lipinski definition) is 2. The van der Waals surface area contributed by atoms with Crippen LogP contribution < -0.4 is 9.80 Å². The summed E-state index contributed by atoms with van der Waals surface area (Å²) in [5.41, 5.74) is 0.480. The third-order valence-corrected chi connectivity index (χ3v) is 7.07. The molecule has 0 spiro atoms. The summed E-state index contributed by atoms with van der Waals surface area (Å²) in [6.07, 6.45) is 2.79. The van der Waals surface area contributed by atoms with E-state index >= 15 is 0 Å². The van der Waals surface area contributed by atoms with Gasteiger partial charge in [0.1, 0.15) is 5.69 Å². The van der Waals surface area contributed by atoms with E-state index in [1.807, 2.05) is 6.07 Å². The van der Waals surface area contributed by atoms with Crippen molar-refractivity contribution in [3.8, 4) is 11.3 Å². The molecule has 0 unspecified atom stereocenters. The molecule has 1 amide bonds. The molecule has 4 aromatic rings. The Hall–Kier alpha value is -4.12. The van der Waals surface area contributed by atoms with Gasteiger partial charge in [-0.05, 0) is 49.6 Å². The van der Waals surface area contributed by atoms with Crippen molar-refractivity contribution in [2.24, 2.45) is 0 Å². The normalized spacial score (nSPS) is 13.9. The van der Waals surface area contributed by atoms with Gasteiger partial charge in [-0.2, -0.15) is 18.3 Å². The Morgan fingerprint density at radius 2 is 1.82 bits per heavy atom. The highest BCUT2D eigenvalue weighted by Crippen LogP contribution is 2.38. The first-order valence-corrected chi connectivity index (χ1v) is 12.6. The van der Waals surface area contributed by atoms with Gasteiger partial charge in [-0.3, -0.25) is 14.7 Å². The lowest BCUT2D eigenvalue weighted by atomic mass is 9.96. The maximum absolute atomic E-state index is 14.0. The number of alkyl halides is 3. The minimum Gasteiger partial charge on any atom is -0.372 e. The Balaban J connectivity index is 1.59. The number of nitrogens with zero attached hydrogens (tertiary/aromatic N) is 4. The molecule has 0 bridgehead atoms. The zero-order valence-corrected chi connectivity index (χ0v) is 21.6. The van der Waals surface area contributed by atoms with Crippen molar-refractivity contribution in [3.63, 3.8) is 0 Å². The molecule has 3 heterocycles. The lowest BCUT2D eigenvalue weighted by Crippen LogP contribution is -2.31. The van der Waals surface area contributed by atoms with Crippen LogP contribution in [0.1, 0.15) is 51.4 Å². The van der Waals surface area contributed by atoms with Gasteiger partial charge in [0.15, 0.2) is 11.6 Å². The highest BCUT2D eigenvalue weighted by molar-refractivity contribution is 6.31. The van der Waals surface area contributed by atoms with E-state index < -0.39 is 28.5 Å². The summed E-state index contributed by atoms with van der Waals surface area (Å²) in [5, 5.41) is 6.23. The van der Waals surface area contributed by atoms with Gasteiger partial charge in [0.05, 0.1) is 21.8 Å². The zero-order valence-electron chi connectivity index (χ0n) is 20.8. The molecule has 5 rings (SSSR count). The molecule has 8 nitrogen and oxygen atoms in total. The Morgan fingerprint density at radius 3 is 2.51 bits per heavy atom. The topological polar surface area (TPSA) is 98.0 Å². The van der Waals surface area contributed by atoms with Crippen LogP contribution in [-0.2, 0) is 6.18 Å². The van der Waals surface area contributed by atoms with E-state index in [4.69, 9.17) is 11.6 Å². The summed E-state index contributed by atoms with van der Waals surface area (Å²) in [7, 11) is 1.53. The smallest absolute Gasteiger partial charge is 0.372 e. The molecular weight excluding hydrogens is 533 g/mol. The zero-order chi connectivity index (χ0) is 27.7. The summed E-state index contributed by atoms with van der Waals surface area (Å²) >= 11 is 5.79. The third-order valence-electron chi connectivity index (χ3n) is 6.74. The second-order valence-electron chi connectivity index (χ2n) is 9.22. The number of halogens is 4. The van der Waals surface area contributed by atoms with Crippen LogP contribution in [-0.4, -0.2) is 52.0 Å². The Bertz CT molecular complexity index is 1510. The van der Waals surface area contributed by atoms with Crippen LogP contribution in [0.25, 0.3) is 11.3 Å². The number of H-pyrrole nitrogens is 2. The second kappa shape index (κ2) is 10.6. The molecule has 2 N–H and O–H groups in total. The molecule has 0 radical (unpaired) electrons. The fraction of sp³-hybridized carbons (Fsp3) is 0.259. The number of benzene rings is 2. The predicted octanol–water partition coefficient (Wildman–Crippen LogP) is 5.97. The van der Waals surface area contributed by atoms with E-state index in [0.29, 0.717) is 5.69 Å². The van der Waals surface area contributed by atoms with Crippen molar-refractivity contribution in [2.45, 2.75) is 25.4 Å². The molecule has 1 aliphatic rings. The quantitative estimate of drug-likeness (QED) is 0.285. The molecule has 2 aromatic carbocycles. The third kappa shape index (κ3) is 5.26. The molecule has 0 aliphatic carbocycles. The number of hydrogen-bond acceptors (Lipinski definition) is 5. The number of ketones is 1. The Labute approximate surface area is 226 Å². The highest BCUT2D eigenvalue weighted by Gasteiger charge is 2.34. The number of carbonyl (C=O) groups is 2. The van der Waals surface area contributed by atoms with Crippen LogP contribution in [0.3, 0.4) is 0 Å². The fourth-order valence-corrected chi connectivity index (χ4v) is 4.94. The fourth-order valence-electron chi connectivity index (χ4n) is 4.72. The van der Waals surface area contributed by atoms with Crippen LogP contribution in [0.4, 0.5) is 24.5 Å². The SMILES string of the molecule is CN(C(=O)c1ncc[nH]1)c1ccc(N2CCCCC2)cc1C(=O)c1c[nH]nc1-c1ccc(Cl)c(C(F)(F)F)c1. The van der Waals surface area contributed by atoms with Crippen LogP contribution in [0.2, 0.25) is 5.02 Å². The number of piperidine rings is 1. The average molecular weight is 557 g/mol. The molecule has 0 atom stereocenters. The number of aromatic amines is 2. The lowest BCUT2D eigenvalue weighted by Gasteiger charge is -2.30. The molecule has 39 heavy (non-hydrogen) atoms. The maximum atomic E-state index is 14.0. The minimum atomic E-state index is -4.68. The van der Waals surface area contributed by atoms with Crippen LogP contribution in [0.15, 0.2) is 55.0 Å². The lowest BCUT2D eigenvalue weighted by molar-refractivity contribution is -0.137. The molecule has 0 saturated carbocycles. The summed E-state index contributed by atoms with van der Waals surface area (Å²) in [5.74, 6) is -0.865. The summed E-state index contributed by atoms with van der Waals surface area (Å²) in [4.78, 5) is 37.4. The van der Waals surface area contributed by atoms with Crippen LogP contribution in [0, 0.1) is 0 Å². The first kappa shape index (κ1) is 26.5. The molecule has 1 fully saturated rings. The van der Waals surface area contributed by atoms with E-state index in [1.165, 1.54) is 36.6 Å². The van der Waals surface area contributed by atoms with Crippen molar-refractivity contribution >= 4 is 34.7 Å². The van der Waals surface area contributed by atoms with Gasteiger partial charge in [-0.25, -0.2) is 4.98 Å². The Kier molecular flexibility index (Phi) is 7.17. The second-order valence-corrected chi connectivity index (χ2v) is 9.63. The van der Waals surface area contributed by atoms with Crippen molar-refractivity contribution in [1.29, 1.82) is 0 Å². The van der Waals surface area contributed by atoms with E-state index in [9.17, 15) is 22.8 Å². The summed E-state index contributed by atoms with van der Waals surface area (Å²) in [6.45, 7) is 1.66. The van der Waals surface area contributed by atoms with Crippen molar-refractivity contribution in [1.82, 2.24) is 20.2 Å². The highest BCUT2D eigenvalue weighted by atomic mass is 35.5. The van der Waals surface area contributed by atoms with E-state index in [2.05, 4.69) is 25.1 Å². The largest absolute Gasteiger partial charge is 0.417 e. The minimum absolute atomic E-state index is 0.0384. The van der Waals surface area contributed by atoms with E-state index in [-0.39, 0.29) is 28.2 Å². The van der Waals surface area contributed by atoms with Gasteiger partial charge in [-0.1, -0.05) is 17.7 Å². The number of aromatic nitrogens is 4. The van der Waals surface area contributed by atoms with Crippen molar-refractivity contribution in [2.75, 3.05) is 29.9 Å².